The van der Waals surface area contributed by atoms with E-state index < -0.39 is 0 Å². The van der Waals surface area contributed by atoms with E-state index >= 15 is 0 Å². The summed E-state index contributed by atoms with van der Waals surface area (Å²) < 4.78 is 0. The van der Waals surface area contributed by atoms with E-state index in [9.17, 15) is 0 Å². The molecule has 12 heavy (non-hydrogen) atoms. The van der Waals surface area contributed by atoms with Crippen LogP contribution >= 0.6 is 0 Å². The average Bonchev–Trinajstić information content (AvgIpc) is 2.64. The first-order valence-electron chi connectivity index (χ1n) is 5.72. The summed E-state index contributed by atoms with van der Waals surface area (Å²) >= 11 is 0. The largest absolute Gasteiger partial charge is 0.0625 e. The van der Waals surface area contributed by atoms with Crippen LogP contribution in [0.15, 0.2) is 0 Å². The Hall–Kier alpha value is 0. The highest BCUT2D eigenvalue weighted by Crippen LogP contribution is 2.67. The zero-order valence-electron chi connectivity index (χ0n) is 8.23. The SMILES string of the molecule is CC1CC2(CCC2)CC2(CC2)C1. The molecule has 3 saturated carbocycles. The zero-order valence-corrected chi connectivity index (χ0v) is 8.23. The van der Waals surface area contributed by atoms with Gasteiger partial charge < -0.3 is 0 Å². The minimum absolute atomic E-state index is 0.869. The van der Waals surface area contributed by atoms with Crippen molar-refractivity contribution in [3.8, 4) is 0 Å². The van der Waals surface area contributed by atoms with Crippen LogP contribution in [-0.4, -0.2) is 0 Å². The molecule has 1 atom stereocenters. The van der Waals surface area contributed by atoms with Crippen LogP contribution in [0.3, 0.4) is 0 Å². The maximum absolute atomic E-state index is 2.49. The predicted molar refractivity (Wildman–Crippen MR) is 51.0 cm³/mol. The van der Waals surface area contributed by atoms with Gasteiger partial charge in [0.2, 0.25) is 0 Å². The summed E-state index contributed by atoms with van der Waals surface area (Å²) in [6.45, 7) is 2.49. The standard InChI is InChI=1S/C12H20/c1-10-7-11(3-2-4-11)9-12(8-10)5-6-12/h10H,2-9H2,1H3. The molecule has 3 fully saturated rings. The fraction of sp³-hybridized carbons (Fsp3) is 1.00. The molecule has 0 aromatic carbocycles. The van der Waals surface area contributed by atoms with Gasteiger partial charge >= 0.3 is 0 Å². The Morgan fingerprint density at radius 3 is 1.92 bits per heavy atom. The van der Waals surface area contributed by atoms with E-state index in [4.69, 9.17) is 0 Å². The lowest BCUT2D eigenvalue weighted by molar-refractivity contribution is 0.0105. The van der Waals surface area contributed by atoms with E-state index in [1.807, 2.05) is 0 Å². The van der Waals surface area contributed by atoms with Crippen molar-refractivity contribution in [2.24, 2.45) is 16.7 Å². The summed E-state index contributed by atoms with van der Waals surface area (Å²) in [5, 5.41) is 0. The van der Waals surface area contributed by atoms with Crippen molar-refractivity contribution in [3.63, 3.8) is 0 Å². The summed E-state index contributed by atoms with van der Waals surface area (Å²) in [7, 11) is 0. The Morgan fingerprint density at radius 2 is 1.50 bits per heavy atom. The minimum Gasteiger partial charge on any atom is -0.0625 e. The fourth-order valence-corrected chi connectivity index (χ4v) is 4.11. The zero-order chi connectivity index (χ0) is 8.23. The molecular weight excluding hydrogens is 144 g/mol. The second kappa shape index (κ2) is 2.08. The molecule has 3 aliphatic carbocycles. The van der Waals surface area contributed by atoms with Crippen molar-refractivity contribution in [2.45, 2.75) is 58.3 Å². The maximum atomic E-state index is 2.49. The van der Waals surface area contributed by atoms with Crippen LogP contribution in [0.2, 0.25) is 0 Å². The lowest BCUT2D eigenvalue weighted by atomic mass is 9.55. The molecule has 2 spiro atoms. The highest BCUT2D eigenvalue weighted by molar-refractivity contribution is 5.06. The molecule has 0 bridgehead atoms. The Labute approximate surface area is 75.7 Å². The van der Waals surface area contributed by atoms with Crippen molar-refractivity contribution < 1.29 is 0 Å². The second-order valence-corrected chi connectivity index (χ2v) is 6.04. The average molecular weight is 164 g/mol. The van der Waals surface area contributed by atoms with Gasteiger partial charge in [0.05, 0.1) is 0 Å². The molecule has 0 heterocycles. The van der Waals surface area contributed by atoms with Gasteiger partial charge in [-0.15, -0.1) is 0 Å². The molecule has 0 nitrogen and oxygen atoms in total. The molecule has 0 heteroatoms. The Bertz CT molecular complexity index is 196. The van der Waals surface area contributed by atoms with E-state index in [-0.39, 0.29) is 0 Å². The summed E-state index contributed by atoms with van der Waals surface area (Å²) in [4.78, 5) is 0. The van der Waals surface area contributed by atoms with E-state index in [0.717, 1.165) is 16.7 Å². The first-order valence-corrected chi connectivity index (χ1v) is 5.72. The molecule has 0 N–H and O–H groups in total. The van der Waals surface area contributed by atoms with Crippen LogP contribution < -0.4 is 0 Å². The van der Waals surface area contributed by atoms with E-state index in [2.05, 4.69) is 6.92 Å². The van der Waals surface area contributed by atoms with E-state index in [1.54, 1.807) is 44.9 Å². The molecule has 68 valence electrons. The quantitative estimate of drug-likeness (QED) is 0.511. The molecule has 0 aromatic rings. The van der Waals surface area contributed by atoms with Crippen molar-refractivity contribution in [2.75, 3.05) is 0 Å². The molecule has 0 radical (unpaired) electrons. The third kappa shape index (κ3) is 0.963. The Morgan fingerprint density at radius 1 is 0.917 bits per heavy atom. The first kappa shape index (κ1) is 7.41. The van der Waals surface area contributed by atoms with Crippen molar-refractivity contribution in [3.05, 3.63) is 0 Å². The van der Waals surface area contributed by atoms with Crippen molar-refractivity contribution >= 4 is 0 Å². The lowest BCUT2D eigenvalue weighted by Crippen LogP contribution is -2.38. The highest BCUT2D eigenvalue weighted by atomic mass is 14.6. The van der Waals surface area contributed by atoms with Gasteiger partial charge in [-0.2, -0.15) is 0 Å². The van der Waals surface area contributed by atoms with Gasteiger partial charge in [-0.1, -0.05) is 13.3 Å². The summed E-state index contributed by atoms with van der Waals surface area (Å²) in [6.07, 6.45) is 12.5. The lowest BCUT2D eigenvalue weighted by Gasteiger charge is -2.50. The van der Waals surface area contributed by atoms with Gasteiger partial charge in [0, 0.05) is 0 Å². The van der Waals surface area contributed by atoms with Gasteiger partial charge in [0.25, 0.3) is 0 Å². The maximum Gasteiger partial charge on any atom is -0.0289 e. The van der Waals surface area contributed by atoms with Gasteiger partial charge in [0.15, 0.2) is 0 Å². The molecule has 3 aliphatic rings. The monoisotopic (exact) mass is 164 g/mol. The van der Waals surface area contributed by atoms with Gasteiger partial charge in [-0.05, 0) is 61.7 Å². The van der Waals surface area contributed by atoms with Crippen LogP contribution in [0.4, 0.5) is 0 Å². The summed E-state index contributed by atoms with van der Waals surface area (Å²) in [5.41, 5.74) is 1.76. The molecule has 0 amide bonds. The number of hydrogen-bond acceptors (Lipinski definition) is 0. The normalized spacial score (nSPS) is 41.2. The first-order chi connectivity index (χ1) is 5.72. The minimum atomic E-state index is 0.869. The third-order valence-corrected chi connectivity index (χ3v) is 4.68. The number of hydrogen-bond donors (Lipinski definition) is 0. The molecule has 1 unspecified atom stereocenters. The Balaban J connectivity index is 1.79. The summed E-state index contributed by atoms with van der Waals surface area (Å²) in [5.74, 6) is 1.04. The molecule has 3 rings (SSSR count). The van der Waals surface area contributed by atoms with Gasteiger partial charge in [0.1, 0.15) is 0 Å². The molecular formula is C12H20. The molecule has 0 aromatic heterocycles. The molecule has 0 aliphatic heterocycles. The van der Waals surface area contributed by atoms with Crippen molar-refractivity contribution in [1.29, 1.82) is 0 Å². The van der Waals surface area contributed by atoms with Crippen LogP contribution in [0.1, 0.15) is 58.3 Å². The van der Waals surface area contributed by atoms with E-state index in [0.29, 0.717) is 0 Å². The van der Waals surface area contributed by atoms with E-state index in [1.165, 1.54) is 6.42 Å². The summed E-state index contributed by atoms with van der Waals surface area (Å²) in [6, 6.07) is 0. The fourth-order valence-electron chi connectivity index (χ4n) is 4.11. The van der Waals surface area contributed by atoms with Gasteiger partial charge in [-0.25, -0.2) is 0 Å². The molecule has 0 saturated heterocycles. The van der Waals surface area contributed by atoms with Crippen LogP contribution in [0, 0.1) is 16.7 Å². The second-order valence-electron chi connectivity index (χ2n) is 6.04. The number of rotatable bonds is 0. The highest BCUT2D eigenvalue weighted by Gasteiger charge is 2.54. The smallest absolute Gasteiger partial charge is 0.0289 e. The third-order valence-electron chi connectivity index (χ3n) is 4.68. The van der Waals surface area contributed by atoms with Crippen LogP contribution in [0.25, 0.3) is 0 Å². The van der Waals surface area contributed by atoms with Crippen LogP contribution in [-0.2, 0) is 0 Å². The van der Waals surface area contributed by atoms with Crippen LogP contribution in [0.5, 0.6) is 0 Å². The predicted octanol–water partition coefficient (Wildman–Crippen LogP) is 3.76. The van der Waals surface area contributed by atoms with Gasteiger partial charge in [-0.3, -0.25) is 0 Å². The van der Waals surface area contributed by atoms with Crippen molar-refractivity contribution in [1.82, 2.24) is 0 Å². The topological polar surface area (TPSA) is 0 Å². The Kier molecular flexibility index (Phi) is 1.28.